The summed E-state index contributed by atoms with van der Waals surface area (Å²) in [7, 11) is 0. The summed E-state index contributed by atoms with van der Waals surface area (Å²) in [4.78, 5) is 2.60. The highest BCUT2D eigenvalue weighted by Gasteiger charge is 2.40. The van der Waals surface area contributed by atoms with Crippen molar-refractivity contribution in [1.82, 2.24) is 14.7 Å². The van der Waals surface area contributed by atoms with Crippen LogP contribution >= 0.6 is 0 Å². The van der Waals surface area contributed by atoms with Gasteiger partial charge in [-0.1, -0.05) is 18.2 Å². The fourth-order valence-corrected chi connectivity index (χ4v) is 4.25. The van der Waals surface area contributed by atoms with E-state index in [1.165, 1.54) is 42.9 Å². The molecule has 3 heterocycles. The van der Waals surface area contributed by atoms with Gasteiger partial charge >= 0.3 is 0 Å². The number of anilines is 1. The fraction of sp³-hybridized carbons (Fsp3) is 0.526. The molecule has 2 aliphatic heterocycles. The minimum Gasteiger partial charge on any atom is -0.384 e. The van der Waals surface area contributed by atoms with E-state index in [2.05, 4.69) is 64.2 Å². The van der Waals surface area contributed by atoms with Crippen LogP contribution in [0.3, 0.4) is 0 Å². The van der Waals surface area contributed by atoms with Crippen molar-refractivity contribution in [3.05, 3.63) is 47.3 Å². The lowest BCUT2D eigenvalue weighted by molar-refractivity contribution is 0.162. The third kappa shape index (κ3) is 2.65. The lowest BCUT2D eigenvalue weighted by atomic mass is 9.74. The van der Waals surface area contributed by atoms with Crippen LogP contribution in [0.1, 0.15) is 29.8 Å². The minimum atomic E-state index is 0.366. The van der Waals surface area contributed by atoms with Crippen LogP contribution < -0.4 is 5.32 Å². The molecule has 0 bridgehead atoms. The Bertz CT molecular complexity index is 695. The van der Waals surface area contributed by atoms with Gasteiger partial charge in [-0.2, -0.15) is 5.10 Å². The molecule has 2 aliphatic rings. The first-order chi connectivity index (χ1) is 11.2. The van der Waals surface area contributed by atoms with E-state index in [1.807, 2.05) is 0 Å². The molecule has 23 heavy (non-hydrogen) atoms. The van der Waals surface area contributed by atoms with Crippen molar-refractivity contribution in [1.29, 1.82) is 0 Å². The van der Waals surface area contributed by atoms with Crippen LogP contribution in [0, 0.1) is 13.8 Å². The second kappa shape index (κ2) is 5.68. The third-order valence-corrected chi connectivity index (χ3v) is 5.66. The van der Waals surface area contributed by atoms with Crippen LogP contribution in [0.5, 0.6) is 0 Å². The molecule has 0 amide bonds. The van der Waals surface area contributed by atoms with E-state index >= 15 is 0 Å². The summed E-state index contributed by atoms with van der Waals surface area (Å²) in [6.45, 7) is 9.81. The molecule has 0 radical (unpaired) electrons. The predicted octanol–water partition coefficient (Wildman–Crippen LogP) is 2.96. The SMILES string of the molecule is Cc1cc(C)n(CCN2CCC3(CC2)CNc2ccccc23)n1. The number of benzene rings is 1. The Balaban J connectivity index is 1.38. The number of aromatic nitrogens is 2. The maximum Gasteiger partial charge on any atom is 0.0596 e. The number of hydrogen-bond donors (Lipinski definition) is 1. The lowest BCUT2D eigenvalue weighted by Gasteiger charge is -2.39. The number of hydrogen-bond acceptors (Lipinski definition) is 3. The van der Waals surface area contributed by atoms with E-state index in [-0.39, 0.29) is 0 Å². The second-order valence-corrected chi connectivity index (χ2v) is 7.17. The Hall–Kier alpha value is -1.81. The first kappa shape index (κ1) is 14.8. The van der Waals surface area contributed by atoms with Gasteiger partial charge in [0.1, 0.15) is 0 Å². The molecule has 4 nitrogen and oxygen atoms in total. The summed E-state index contributed by atoms with van der Waals surface area (Å²) < 4.78 is 2.14. The molecule has 4 rings (SSSR count). The molecule has 0 aliphatic carbocycles. The molecule has 1 fully saturated rings. The van der Waals surface area contributed by atoms with Crippen molar-refractivity contribution in [2.45, 2.75) is 38.6 Å². The molecule has 1 aromatic heterocycles. The molecule has 122 valence electrons. The molecular formula is C19H26N4. The summed E-state index contributed by atoms with van der Waals surface area (Å²) in [5, 5.41) is 8.19. The molecule has 1 saturated heterocycles. The zero-order chi connectivity index (χ0) is 15.9. The van der Waals surface area contributed by atoms with E-state index in [4.69, 9.17) is 0 Å². The standard InChI is InChI=1S/C19H26N4/c1-15-13-16(2)23(21-15)12-11-22-9-7-19(8-10-22)14-20-18-6-4-3-5-17(18)19/h3-6,13,20H,7-12,14H2,1-2H3. The van der Waals surface area contributed by atoms with Crippen molar-refractivity contribution in [3.63, 3.8) is 0 Å². The Kier molecular flexibility index (Phi) is 3.64. The predicted molar refractivity (Wildman–Crippen MR) is 94.0 cm³/mol. The highest BCUT2D eigenvalue weighted by molar-refractivity contribution is 5.60. The average molecular weight is 310 g/mol. The fourth-order valence-electron chi connectivity index (χ4n) is 4.25. The Labute approximate surface area is 138 Å². The zero-order valence-electron chi connectivity index (χ0n) is 14.2. The Morgan fingerprint density at radius 2 is 1.91 bits per heavy atom. The molecule has 1 aromatic carbocycles. The van der Waals surface area contributed by atoms with E-state index in [0.29, 0.717) is 5.41 Å². The first-order valence-electron chi connectivity index (χ1n) is 8.73. The molecule has 0 unspecified atom stereocenters. The molecular weight excluding hydrogens is 284 g/mol. The number of aryl methyl sites for hydroxylation is 2. The van der Waals surface area contributed by atoms with Crippen molar-refractivity contribution < 1.29 is 0 Å². The van der Waals surface area contributed by atoms with Crippen molar-refractivity contribution in [2.75, 3.05) is 31.5 Å². The van der Waals surface area contributed by atoms with E-state index in [0.717, 1.165) is 25.3 Å². The van der Waals surface area contributed by atoms with E-state index in [9.17, 15) is 0 Å². The monoisotopic (exact) mass is 310 g/mol. The van der Waals surface area contributed by atoms with Gasteiger partial charge < -0.3 is 10.2 Å². The van der Waals surface area contributed by atoms with Crippen molar-refractivity contribution >= 4 is 5.69 Å². The number of nitrogens with zero attached hydrogens (tertiary/aromatic N) is 3. The molecule has 2 aromatic rings. The van der Waals surface area contributed by atoms with Crippen LogP contribution in [0.15, 0.2) is 30.3 Å². The van der Waals surface area contributed by atoms with Crippen LogP contribution in [-0.2, 0) is 12.0 Å². The highest BCUT2D eigenvalue weighted by atomic mass is 15.3. The molecule has 0 saturated carbocycles. The Morgan fingerprint density at radius 3 is 2.65 bits per heavy atom. The van der Waals surface area contributed by atoms with Crippen LogP contribution in [0.2, 0.25) is 0 Å². The summed E-state index contributed by atoms with van der Waals surface area (Å²) in [5.74, 6) is 0. The van der Waals surface area contributed by atoms with Gasteiger partial charge in [-0.25, -0.2) is 0 Å². The van der Waals surface area contributed by atoms with Gasteiger partial charge in [0.2, 0.25) is 0 Å². The van der Waals surface area contributed by atoms with E-state index < -0.39 is 0 Å². The maximum atomic E-state index is 4.58. The summed E-state index contributed by atoms with van der Waals surface area (Å²) in [6.07, 6.45) is 2.52. The molecule has 0 atom stereocenters. The van der Waals surface area contributed by atoms with Crippen LogP contribution in [-0.4, -0.2) is 40.9 Å². The van der Waals surface area contributed by atoms with Gasteiger partial charge in [0, 0.05) is 29.9 Å². The van der Waals surface area contributed by atoms with Gasteiger partial charge in [-0.05, 0) is 57.5 Å². The van der Waals surface area contributed by atoms with Gasteiger partial charge in [0.25, 0.3) is 0 Å². The summed E-state index contributed by atoms with van der Waals surface area (Å²) in [6, 6.07) is 11.0. The number of nitrogens with one attached hydrogen (secondary N) is 1. The molecule has 1 N–H and O–H groups in total. The largest absolute Gasteiger partial charge is 0.384 e. The third-order valence-electron chi connectivity index (χ3n) is 5.66. The van der Waals surface area contributed by atoms with Crippen molar-refractivity contribution in [2.24, 2.45) is 0 Å². The zero-order valence-corrected chi connectivity index (χ0v) is 14.2. The number of rotatable bonds is 3. The second-order valence-electron chi connectivity index (χ2n) is 7.17. The minimum absolute atomic E-state index is 0.366. The first-order valence-corrected chi connectivity index (χ1v) is 8.73. The Morgan fingerprint density at radius 1 is 1.13 bits per heavy atom. The topological polar surface area (TPSA) is 33.1 Å². The number of para-hydroxylation sites is 1. The van der Waals surface area contributed by atoms with Gasteiger partial charge in [0.05, 0.1) is 12.2 Å². The van der Waals surface area contributed by atoms with Crippen LogP contribution in [0.25, 0.3) is 0 Å². The average Bonchev–Trinajstić information content (AvgIpc) is 3.08. The quantitative estimate of drug-likeness (QED) is 0.946. The highest BCUT2D eigenvalue weighted by Crippen LogP contribution is 2.43. The maximum absolute atomic E-state index is 4.58. The van der Waals surface area contributed by atoms with Gasteiger partial charge in [0.15, 0.2) is 0 Å². The van der Waals surface area contributed by atoms with Gasteiger partial charge in [-0.15, -0.1) is 0 Å². The normalized spacial score (nSPS) is 19.7. The molecule has 1 spiro atoms. The van der Waals surface area contributed by atoms with Gasteiger partial charge in [-0.3, -0.25) is 4.68 Å². The van der Waals surface area contributed by atoms with Crippen LogP contribution in [0.4, 0.5) is 5.69 Å². The van der Waals surface area contributed by atoms with E-state index in [1.54, 1.807) is 0 Å². The van der Waals surface area contributed by atoms with Crippen molar-refractivity contribution in [3.8, 4) is 0 Å². The molecule has 4 heteroatoms. The number of piperidine rings is 1. The smallest absolute Gasteiger partial charge is 0.0596 e. The number of fused-ring (bicyclic) bond motifs is 2. The lowest BCUT2D eigenvalue weighted by Crippen LogP contribution is -2.44. The number of likely N-dealkylation sites (tertiary alicyclic amines) is 1. The summed E-state index contributed by atoms with van der Waals surface area (Å²) >= 11 is 0. The summed E-state index contributed by atoms with van der Waals surface area (Å²) in [5.41, 5.74) is 5.64.